The highest BCUT2D eigenvalue weighted by molar-refractivity contribution is 9.10. The first-order chi connectivity index (χ1) is 9.83. The Morgan fingerprint density at radius 3 is 2.67 bits per heavy atom. The van der Waals surface area contributed by atoms with Crippen molar-refractivity contribution in [1.82, 2.24) is 4.98 Å². The van der Waals surface area contributed by atoms with Crippen molar-refractivity contribution in [3.05, 3.63) is 45.7 Å². The number of aryl methyl sites for hydroxylation is 1. The van der Waals surface area contributed by atoms with Gasteiger partial charge in [-0.2, -0.15) is 0 Å². The Morgan fingerprint density at radius 2 is 2.05 bits per heavy atom. The van der Waals surface area contributed by atoms with Gasteiger partial charge in [0.25, 0.3) is 10.0 Å². The molecule has 0 atom stereocenters. The smallest absolute Gasteiger partial charge is 0.262 e. The summed E-state index contributed by atoms with van der Waals surface area (Å²) in [6.45, 7) is 1.77. The van der Waals surface area contributed by atoms with Crippen LogP contribution in [0.15, 0.2) is 39.8 Å². The normalized spacial score (nSPS) is 11.2. The summed E-state index contributed by atoms with van der Waals surface area (Å²) in [5, 5.41) is 0.0759. The van der Waals surface area contributed by atoms with Gasteiger partial charge in [0.15, 0.2) is 5.15 Å². The predicted octanol–water partition coefficient (Wildman–Crippen LogP) is 3.62. The molecule has 8 heteroatoms. The number of halogens is 2. The van der Waals surface area contributed by atoms with Gasteiger partial charge >= 0.3 is 0 Å². The van der Waals surface area contributed by atoms with E-state index in [4.69, 9.17) is 16.3 Å². The van der Waals surface area contributed by atoms with Crippen LogP contribution in [0.4, 0.5) is 5.69 Å². The molecule has 0 bridgehead atoms. The number of methoxy groups -OCH3 is 1. The largest absolute Gasteiger partial charge is 0.496 e. The Labute approximate surface area is 136 Å². The van der Waals surface area contributed by atoms with Crippen molar-refractivity contribution in [2.45, 2.75) is 11.8 Å². The van der Waals surface area contributed by atoms with Crippen molar-refractivity contribution in [1.29, 1.82) is 0 Å². The quantitative estimate of drug-likeness (QED) is 0.808. The van der Waals surface area contributed by atoms with Crippen LogP contribution in [-0.2, 0) is 10.0 Å². The fourth-order valence-corrected chi connectivity index (χ4v) is 3.40. The Hall–Kier alpha value is -1.31. The molecular formula is C13H12BrClN2O3S. The fraction of sp³-hybridized carbons (Fsp3) is 0.154. The van der Waals surface area contributed by atoms with Crippen molar-refractivity contribution < 1.29 is 13.2 Å². The van der Waals surface area contributed by atoms with E-state index in [2.05, 4.69) is 25.6 Å². The van der Waals surface area contributed by atoms with Gasteiger partial charge in [-0.3, -0.25) is 4.72 Å². The van der Waals surface area contributed by atoms with E-state index in [1.165, 1.54) is 25.4 Å². The molecule has 0 amide bonds. The van der Waals surface area contributed by atoms with Crippen LogP contribution in [0.25, 0.3) is 0 Å². The van der Waals surface area contributed by atoms with Gasteiger partial charge in [0.1, 0.15) is 5.75 Å². The molecule has 2 rings (SSSR count). The SMILES string of the molecule is COc1ccc(S(=O)(=O)Nc2cc(Br)cnc2Cl)cc1C. The number of pyridine rings is 1. The Balaban J connectivity index is 2.38. The Bertz CT molecular complexity index is 781. The van der Waals surface area contributed by atoms with E-state index in [1.54, 1.807) is 19.1 Å². The molecule has 21 heavy (non-hydrogen) atoms. The van der Waals surface area contributed by atoms with Crippen molar-refractivity contribution in [3.63, 3.8) is 0 Å². The van der Waals surface area contributed by atoms with Gasteiger partial charge in [-0.05, 0) is 52.7 Å². The van der Waals surface area contributed by atoms with Crippen LogP contribution in [0.2, 0.25) is 5.15 Å². The lowest BCUT2D eigenvalue weighted by molar-refractivity contribution is 0.411. The van der Waals surface area contributed by atoms with Gasteiger partial charge in [0, 0.05) is 10.7 Å². The summed E-state index contributed by atoms with van der Waals surface area (Å²) in [7, 11) is -2.22. The lowest BCUT2D eigenvalue weighted by Gasteiger charge is -2.11. The maximum absolute atomic E-state index is 12.4. The summed E-state index contributed by atoms with van der Waals surface area (Å²) in [6.07, 6.45) is 1.48. The molecule has 0 radical (unpaired) electrons. The number of nitrogens with zero attached hydrogens (tertiary/aromatic N) is 1. The Kier molecular flexibility index (Phi) is 4.75. The Morgan fingerprint density at radius 1 is 1.33 bits per heavy atom. The third-order valence-electron chi connectivity index (χ3n) is 2.73. The molecule has 0 aliphatic rings. The average molecular weight is 392 g/mol. The van der Waals surface area contributed by atoms with Crippen molar-refractivity contribution in [2.75, 3.05) is 11.8 Å². The number of hydrogen-bond donors (Lipinski definition) is 1. The van der Waals surface area contributed by atoms with Gasteiger partial charge in [0.2, 0.25) is 0 Å². The predicted molar refractivity (Wildman–Crippen MR) is 85.5 cm³/mol. The van der Waals surface area contributed by atoms with Crippen LogP contribution in [0.1, 0.15) is 5.56 Å². The maximum atomic E-state index is 12.4. The molecule has 0 aliphatic heterocycles. The molecule has 1 aromatic heterocycles. The summed E-state index contributed by atoms with van der Waals surface area (Å²) >= 11 is 9.11. The molecular weight excluding hydrogens is 380 g/mol. The van der Waals surface area contributed by atoms with E-state index < -0.39 is 10.0 Å². The van der Waals surface area contributed by atoms with E-state index in [9.17, 15) is 8.42 Å². The highest BCUT2D eigenvalue weighted by atomic mass is 79.9. The van der Waals surface area contributed by atoms with Gasteiger partial charge in [0.05, 0.1) is 17.7 Å². The number of benzene rings is 1. The van der Waals surface area contributed by atoms with Crippen molar-refractivity contribution in [3.8, 4) is 5.75 Å². The lowest BCUT2D eigenvalue weighted by Crippen LogP contribution is -2.13. The lowest BCUT2D eigenvalue weighted by atomic mass is 10.2. The first-order valence-corrected chi connectivity index (χ1v) is 8.47. The molecule has 2 aromatic rings. The van der Waals surface area contributed by atoms with Crippen LogP contribution < -0.4 is 9.46 Å². The van der Waals surface area contributed by atoms with Crippen LogP contribution in [0, 0.1) is 6.92 Å². The molecule has 112 valence electrons. The summed E-state index contributed by atoms with van der Waals surface area (Å²) in [5.41, 5.74) is 0.929. The van der Waals surface area contributed by atoms with Crippen LogP contribution in [0.5, 0.6) is 5.75 Å². The van der Waals surface area contributed by atoms with Crippen molar-refractivity contribution >= 4 is 43.2 Å². The zero-order chi connectivity index (χ0) is 15.6. The van der Waals surface area contributed by atoms with Crippen LogP contribution in [0.3, 0.4) is 0 Å². The molecule has 1 heterocycles. The number of nitrogens with one attached hydrogen (secondary N) is 1. The first kappa shape index (κ1) is 16.1. The van der Waals surface area contributed by atoms with Gasteiger partial charge in [-0.25, -0.2) is 13.4 Å². The molecule has 0 fully saturated rings. The topological polar surface area (TPSA) is 68.3 Å². The van der Waals surface area contributed by atoms with E-state index >= 15 is 0 Å². The van der Waals surface area contributed by atoms with Gasteiger partial charge in [-0.15, -0.1) is 0 Å². The molecule has 1 N–H and O–H groups in total. The molecule has 0 saturated carbocycles. The van der Waals surface area contributed by atoms with E-state index in [1.807, 2.05) is 0 Å². The van der Waals surface area contributed by atoms with Crippen molar-refractivity contribution in [2.24, 2.45) is 0 Å². The van der Waals surface area contributed by atoms with Crippen LogP contribution >= 0.6 is 27.5 Å². The number of hydrogen-bond acceptors (Lipinski definition) is 4. The number of aromatic nitrogens is 1. The summed E-state index contributed by atoms with van der Waals surface area (Å²) < 4.78 is 32.9. The molecule has 0 unspecified atom stereocenters. The number of rotatable bonds is 4. The molecule has 0 saturated heterocycles. The second-order valence-corrected chi connectivity index (χ2v) is 7.18. The van der Waals surface area contributed by atoms with E-state index in [-0.39, 0.29) is 15.7 Å². The zero-order valence-electron chi connectivity index (χ0n) is 11.2. The van der Waals surface area contributed by atoms with Crippen LogP contribution in [-0.4, -0.2) is 20.5 Å². The summed E-state index contributed by atoms with van der Waals surface area (Å²) in [6, 6.07) is 6.14. The minimum Gasteiger partial charge on any atom is -0.496 e. The second kappa shape index (κ2) is 6.21. The summed E-state index contributed by atoms with van der Waals surface area (Å²) in [5.74, 6) is 0.621. The third kappa shape index (κ3) is 3.66. The number of ether oxygens (including phenoxy) is 1. The molecule has 1 aromatic carbocycles. The van der Waals surface area contributed by atoms with Gasteiger partial charge in [-0.1, -0.05) is 11.6 Å². The number of sulfonamides is 1. The highest BCUT2D eigenvalue weighted by Gasteiger charge is 2.17. The van der Waals surface area contributed by atoms with E-state index in [0.29, 0.717) is 10.2 Å². The molecule has 5 nitrogen and oxygen atoms in total. The zero-order valence-corrected chi connectivity index (χ0v) is 14.4. The standard InChI is InChI=1S/C13H12BrClN2O3S/c1-8-5-10(3-4-12(8)20-2)21(18,19)17-11-6-9(14)7-16-13(11)15/h3-7,17H,1-2H3. The molecule has 0 aliphatic carbocycles. The average Bonchev–Trinajstić information content (AvgIpc) is 2.42. The minimum atomic E-state index is -3.75. The fourth-order valence-electron chi connectivity index (χ4n) is 1.72. The number of anilines is 1. The molecule has 0 spiro atoms. The minimum absolute atomic E-state index is 0.0759. The maximum Gasteiger partial charge on any atom is 0.262 e. The second-order valence-electron chi connectivity index (χ2n) is 4.23. The highest BCUT2D eigenvalue weighted by Crippen LogP contribution is 2.27. The first-order valence-electron chi connectivity index (χ1n) is 5.82. The monoisotopic (exact) mass is 390 g/mol. The summed E-state index contributed by atoms with van der Waals surface area (Å²) in [4.78, 5) is 4.00. The van der Waals surface area contributed by atoms with Gasteiger partial charge < -0.3 is 4.74 Å². The van der Waals surface area contributed by atoms with E-state index in [0.717, 1.165) is 5.56 Å². The third-order valence-corrected chi connectivity index (χ3v) is 4.82.